The molecule has 0 spiro atoms. The second-order valence-corrected chi connectivity index (χ2v) is 5.31. The van der Waals surface area contributed by atoms with E-state index in [1.54, 1.807) is 7.11 Å². The molecule has 2 aromatic carbocycles. The molecule has 0 aromatic heterocycles. The first kappa shape index (κ1) is 20.2. The van der Waals surface area contributed by atoms with Crippen LogP contribution in [0, 0.1) is 6.92 Å². The number of hydrogen-bond acceptors (Lipinski definition) is 4. The number of aryl methyl sites for hydroxylation is 1. The number of aliphatic carboxylic acids is 2. The smallest absolute Gasteiger partial charge is 0.414 e. The minimum Gasteiger partial charge on any atom is -0.497 e. The van der Waals surface area contributed by atoms with Gasteiger partial charge in [0.05, 0.1) is 7.11 Å². The Morgan fingerprint density at radius 1 is 1.00 bits per heavy atom. The first-order chi connectivity index (χ1) is 11.9. The Kier molecular flexibility index (Phi) is 8.74. The Bertz CT molecular complexity index is 670. The highest BCUT2D eigenvalue weighted by molar-refractivity contribution is 6.27. The molecule has 0 aliphatic rings. The molecule has 0 saturated carbocycles. The number of benzene rings is 2. The second-order valence-electron chi connectivity index (χ2n) is 5.31. The van der Waals surface area contributed by atoms with Crippen LogP contribution in [0.15, 0.2) is 48.5 Å². The van der Waals surface area contributed by atoms with E-state index in [4.69, 9.17) is 24.5 Å². The van der Waals surface area contributed by atoms with Crippen molar-refractivity contribution in [3.8, 4) is 5.75 Å². The molecule has 0 aliphatic carbocycles. The summed E-state index contributed by atoms with van der Waals surface area (Å²) in [4.78, 5) is 18.2. The highest BCUT2D eigenvalue weighted by atomic mass is 16.5. The summed E-state index contributed by atoms with van der Waals surface area (Å²) < 4.78 is 5.15. The van der Waals surface area contributed by atoms with Gasteiger partial charge in [-0.15, -0.1) is 0 Å². The summed E-state index contributed by atoms with van der Waals surface area (Å²) in [7, 11) is 1.69. The van der Waals surface area contributed by atoms with E-state index in [9.17, 15) is 0 Å². The summed E-state index contributed by atoms with van der Waals surface area (Å²) in [6, 6.07) is 16.8. The van der Waals surface area contributed by atoms with E-state index in [-0.39, 0.29) is 0 Å². The van der Waals surface area contributed by atoms with Crippen molar-refractivity contribution in [1.29, 1.82) is 0 Å². The van der Waals surface area contributed by atoms with Gasteiger partial charge in [0.15, 0.2) is 0 Å². The second kappa shape index (κ2) is 10.8. The number of carbonyl (C=O) groups is 2. The molecule has 0 heterocycles. The van der Waals surface area contributed by atoms with Crippen molar-refractivity contribution in [3.63, 3.8) is 0 Å². The average Bonchev–Trinajstić information content (AvgIpc) is 2.61. The number of ether oxygens (including phenoxy) is 1. The first-order valence-electron chi connectivity index (χ1n) is 7.78. The fraction of sp³-hybridized carbons (Fsp3) is 0.263. The third-order valence-electron chi connectivity index (χ3n) is 3.51. The highest BCUT2D eigenvalue weighted by Crippen LogP contribution is 2.11. The van der Waals surface area contributed by atoms with E-state index in [0.29, 0.717) is 0 Å². The molecule has 0 saturated heterocycles. The molecule has 6 heteroatoms. The van der Waals surface area contributed by atoms with Gasteiger partial charge in [0.1, 0.15) is 5.75 Å². The number of rotatable bonds is 6. The molecule has 6 nitrogen and oxygen atoms in total. The molecule has 0 unspecified atom stereocenters. The highest BCUT2D eigenvalue weighted by Gasteiger charge is 2.04. The van der Waals surface area contributed by atoms with Crippen LogP contribution in [0.25, 0.3) is 0 Å². The molecule has 0 radical (unpaired) electrons. The summed E-state index contributed by atoms with van der Waals surface area (Å²) >= 11 is 0. The quantitative estimate of drug-likeness (QED) is 0.550. The maximum atomic E-state index is 9.10. The van der Waals surface area contributed by atoms with Crippen LogP contribution in [0.3, 0.4) is 0 Å². The molecule has 3 N–H and O–H groups in total. The Balaban J connectivity index is 0.000000450. The molecule has 134 valence electrons. The number of hydrogen-bond donors (Lipinski definition) is 3. The Morgan fingerprint density at radius 2 is 1.60 bits per heavy atom. The van der Waals surface area contributed by atoms with Gasteiger partial charge in [-0.25, -0.2) is 9.59 Å². The Labute approximate surface area is 147 Å². The van der Waals surface area contributed by atoms with Crippen LogP contribution < -0.4 is 10.1 Å². The summed E-state index contributed by atoms with van der Waals surface area (Å²) in [6.45, 7) is 4.07. The van der Waals surface area contributed by atoms with Crippen LogP contribution in [-0.4, -0.2) is 35.8 Å². The summed E-state index contributed by atoms with van der Waals surface area (Å²) in [5, 5.41) is 18.3. The van der Waals surface area contributed by atoms with E-state index < -0.39 is 11.9 Å². The Hall–Kier alpha value is -2.86. The average molecular weight is 345 g/mol. The van der Waals surface area contributed by atoms with Crippen molar-refractivity contribution < 1.29 is 24.5 Å². The normalized spacial score (nSPS) is 9.68. The molecule has 2 aromatic rings. The zero-order valence-corrected chi connectivity index (χ0v) is 14.4. The van der Waals surface area contributed by atoms with Gasteiger partial charge in [0.25, 0.3) is 0 Å². The van der Waals surface area contributed by atoms with Crippen LogP contribution >= 0.6 is 0 Å². The van der Waals surface area contributed by atoms with Gasteiger partial charge in [-0.1, -0.05) is 36.4 Å². The predicted molar refractivity (Wildman–Crippen MR) is 94.9 cm³/mol. The molecule has 0 aliphatic heterocycles. The van der Waals surface area contributed by atoms with Crippen LogP contribution in [0.2, 0.25) is 0 Å². The van der Waals surface area contributed by atoms with E-state index in [0.717, 1.165) is 25.3 Å². The van der Waals surface area contributed by atoms with Crippen molar-refractivity contribution in [2.75, 3.05) is 13.7 Å². The lowest BCUT2D eigenvalue weighted by Gasteiger charge is -2.08. The van der Waals surface area contributed by atoms with Gasteiger partial charge in [-0.3, -0.25) is 0 Å². The van der Waals surface area contributed by atoms with E-state index in [1.807, 2.05) is 12.1 Å². The zero-order chi connectivity index (χ0) is 18.7. The topological polar surface area (TPSA) is 95.9 Å². The largest absolute Gasteiger partial charge is 0.497 e. The molecule has 2 rings (SSSR count). The number of carboxylic acid groups (broad SMARTS) is 2. The van der Waals surface area contributed by atoms with E-state index in [2.05, 4.69) is 48.6 Å². The molecule has 25 heavy (non-hydrogen) atoms. The number of nitrogens with one attached hydrogen (secondary N) is 1. The standard InChI is InChI=1S/C17H21NO.C2H2O4/c1-14-5-3-4-6-16(14)13-18-12-11-15-7-9-17(19-2)10-8-15;3-1(4)2(5)6/h3-10,18H,11-13H2,1-2H3;(H,3,4)(H,5,6). The maximum Gasteiger partial charge on any atom is 0.414 e. The van der Waals surface area contributed by atoms with Crippen LogP contribution in [0.1, 0.15) is 16.7 Å². The van der Waals surface area contributed by atoms with E-state index in [1.165, 1.54) is 16.7 Å². The summed E-state index contributed by atoms with van der Waals surface area (Å²) in [5.74, 6) is -2.73. The predicted octanol–water partition coefficient (Wildman–Crippen LogP) is 2.49. The molecule has 0 atom stereocenters. The monoisotopic (exact) mass is 345 g/mol. The maximum absolute atomic E-state index is 9.10. The van der Waals surface area contributed by atoms with Gasteiger partial charge in [-0.2, -0.15) is 0 Å². The van der Waals surface area contributed by atoms with Crippen molar-refractivity contribution >= 4 is 11.9 Å². The van der Waals surface area contributed by atoms with Crippen LogP contribution in [-0.2, 0) is 22.6 Å². The Morgan fingerprint density at radius 3 is 2.12 bits per heavy atom. The van der Waals surface area contributed by atoms with Crippen molar-refractivity contribution in [2.24, 2.45) is 0 Å². The lowest BCUT2D eigenvalue weighted by Crippen LogP contribution is -2.17. The third-order valence-corrected chi connectivity index (χ3v) is 3.51. The van der Waals surface area contributed by atoms with Gasteiger partial charge < -0.3 is 20.3 Å². The van der Waals surface area contributed by atoms with Crippen LogP contribution in [0.5, 0.6) is 5.75 Å². The fourth-order valence-corrected chi connectivity index (χ4v) is 2.06. The molecular formula is C19H23NO5. The first-order valence-corrected chi connectivity index (χ1v) is 7.78. The SMILES string of the molecule is COc1ccc(CCNCc2ccccc2C)cc1.O=C(O)C(=O)O. The molecule has 0 bridgehead atoms. The van der Waals surface area contributed by atoms with Gasteiger partial charge >= 0.3 is 11.9 Å². The van der Waals surface area contributed by atoms with Gasteiger partial charge in [0, 0.05) is 6.54 Å². The lowest BCUT2D eigenvalue weighted by molar-refractivity contribution is -0.159. The molecule has 0 amide bonds. The third kappa shape index (κ3) is 7.99. The fourth-order valence-electron chi connectivity index (χ4n) is 2.06. The number of methoxy groups -OCH3 is 1. The van der Waals surface area contributed by atoms with Crippen molar-refractivity contribution in [3.05, 3.63) is 65.2 Å². The van der Waals surface area contributed by atoms with Gasteiger partial charge in [-0.05, 0) is 48.7 Å². The van der Waals surface area contributed by atoms with Crippen LogP contribution in [0.4, 0.5) is 0 Å². The minimum atomic E-state index is -1.82. The summed E-state index contributed by atoms with van der Waals surface area (Å²) in [5.41, 5.74) is 4.05. The molecular weight excluding hydrogens is 322 g/mol. The zero-order valence-electron chi connectivity index (χ0n) is 14.4. The van der Waals surface area contributed by atoms with Gasteiger partial charge in [0.2, 0.25) is 0 Å². The van der Waals surface area contributed by atoms with E-state index >= 15 is 0 Å². The van der Waals surface area contributed by atoms with Crippen molar-refractivity contribution in [2.45, 2.75) is 19.9 Å². The van der Waals surface area contributed by atoms with Crippen molar-refractivity contribution in [1.82, 2.24) is 5.32 Å². The lowest BCUT2D eigenvalue weighted by atomic mass is 10.1. The minimum absolute atomic E-state index is 0.914. The number of carboxylic acids is 2. The molecule has 0 fully saturated rings. The summed E-state index contributed by atoms with van der Waals surface area (Å²) in [6.07, 6.45) is 1.04.